The molecule has 1 fully saturated rings. The molecule has 2 rings (SSSR count). The third kappa shape index (κ3) is 3.23. The third-order valence-electron chi connectivity index (χ3n) is 3.98. The average molecular weight is 239 g/mol. The van der Waals surface area contributed by atoms with Crippen LogP contribution in [-0.2, 0) is 0 Å². The van der Waals surface area contributed by atoms with Gasteiger partial charge in [-0.1, -0.05) is 30.4 Å². The fourth-order valence-electron chi connectivity index (χ4n) is 2.95. The highest BCUT2D eigenvalue weighted by Crippen LogP contribution is 2.35. The summed E-state index contributed by atoms with van der Waals surface area (Å²) in [6.07, 6.45) is 19.0. The number of hydrogen-bond donors (Lipinski definition) is 0. The fraction of sp³-hybridized carbons (Fsp3) is 0.471. The fourth-order valence-corrected chi connectivity index (χ4v) is 2.95. The van der Waals surface area contributed by atoms with Crippen molar-refractivity contribution in [3.8, 4) is 6.07 Å². The Bertz CT molecular complexity index is 435. The Hall–Kier alpha value is -1.55. The van der Waals surface area contributed by atoms with Crippen molar-refractivity contribution in [2.75, 3.05) is 0 Å². The van der Waals surface area contributed by atoms with Gasteiger partial charge in [0.15, 0.2) is 0 Å². The van der Waals surface area contributed by atoms with Gasteiger partial charge in [0.1, 0.15) is 0 Å². The third-order valence-corrected chi connectivity index (χ3v) is 3.98. The van der Waals surface area contributed by atoms with Crippen LogP contribution < -0.4 is 0 Å². The summed E-state index contributed by atoms with van der Waals surface area (Å²) in [6.45, 7) is 2.11. The Morgan fingerprint density at radius 2 is 1.94 bits per heavy atom. The highest BCUT2D eigenvalue weighted by atomic mass is 14.3. The Morgan fingerprint density at radius 3 is 2.61 bits per heavy atom. The van der Waals surface area contributed by atoms with E-state index in [-0.39, 0.29) is 0 Å². The minimum atomic E-state index is 0.703. The van der Waals surface area contributed by atoms with E-state index in [0.717, 1.165) is 17.9 Å². The van der Waals surface area contributed by atoms with E-state index in [1.165, 1.54) is 31.3 Å². The molecule has 0 saturated heterocycles. The van der Waals surface area contributed by atoms with Crippen molar-refractivity contribution in [3.63, 3.8) is 0 Å². The van der Waals surface area contributed by atoms with Crippen LogP contribution in [0.3, 0.4) is 0 Å². The molecule has 1 saturated carbocycles. The van der Waals surface area contributed by atoms with Crippen LogP contribution >= 0.6 is 0 Å². The maximum absolute atomic E-state index is 8.91. The summed E-state index contributed by atoms with van der Waals surface area (Å²) in [4.78, 5) is 0. The molecule has 0 N–H and O–H groups in total. The second-order valence-corrected chi connectivity index (χ2v) is 5.18. The van der Waals surface area contributed by atoms with Gasteiger partial charge in [-0.15, -0.1) is 0 Å². The SMILES string of the molecule is C/C=C/C1CCC(C2=CCC=C(C#N)C=C2)CC1. The van der Waals surface area contributed by atoms with Crippen LogP contribution in [0.5, 0.6) is 0 Å². The van der Waals surface area contributed by atoms with E-state index in [1.807, 2.05) is 12.2 Å². The highest BCUT2D eigenvalue weighted by Gasteiger charge is 2.21. The molecule has 0 aromatic carbocycles. The molecular formula is C17H21N. The predicted molar refractivity (Wildman–Crippen MR) is 75.8 cm³/mol. The van der Waals surface area contributed by atoms with Gasteiger partial charge in [-0.3, -0.25) is 0 Å². The maximum atomic E-state index is 8.91. The average Bonchev–Trinajstić information content (AvgIpc) is 2.65. The Labute approximate surface area is 110 Å². The summed E-state index contributed by atoms with van der Waals surface area (Å²) in [5, 5.41) is 8.91. The van der Waals surface area contributed by atoms with Gasteiger partial charge >= 0.3 is 0 Å². The molecule has 0 atom stereocenters. The Morgan fingerprint density at radius 1 is 1.17 bits per heavy atom. The lowest BCUT2D eigenvalue weighted by atomic mass is 9.78. The van der Waals surface area contributed by atoms with Crippen molar-refractivity contribution in [2.45, 2.75) is 39.0 Å². The standard InChI is InChI=1S/C17H21N/c1-2-4-14-7-10-17(11-8-14)16-6-3-5-15(13-18)9-12-16/h2,4-6,9,12,14,17H,3,7-8,10-11H2,1H3/b4-2+. The van der Waals surface area contributed by atoms with E-state index in [9.17, 15) is 0 Å². The van der Waals surface area contributed by atoms with Crippen LogP contribution in [0, 0.1) is 23.2 Å². The lowest BCUT2D eigenvalue weighted by Gasteiger charge is -2.27. The molecule has 0 aromatic rings. The van der Waals surface area contributed by atoms with E-state index in [4.69, 9.17) is 5.26 Å². The molecule has 18 heavy (non-hydrogen) atoms. The van der Waals surface area contributed by atoms with Gasteiger partial charge < -0.3 is 0 Å². The van der Waals surface area contributed by atoms with Gasteiger partial charge in [0.2, 0.25) is 0 Å². The molecule has 0 aromatic heterocycles. The Balaban J connectivity index is 1.95. The lowest BCUT2D eigenvalue weighted by Crippen LogP contribution is -2.14. The topological polar surface area (TPSA) is 23.8 Å². The number of nitriles is 1. The van der Waals surface area contributed by atoms with Gasteiger partial charge in [-0.25, -0.2) is 0 Å². The second kappa shape index (κ2) is 6.40. The van der Waals surface area contributed by atoms with Gasteiger partial charge in [0, 0.05) is 5.57 Å². The second-order valence-electron chi connectivity index (χ2n) is 5.18. The van der Waals surface area contributed by atoms with Crippen LogP contribution in [0.4, 0.5) is 0 Å². The largest absolute Gasteiger partial charge is 0.192 e. The van der Waals surface area contributed by atoms with E-state index in [1.54, 1.807) is 0 Å². The lowest BCUT2D eigenvalue weighted by molar-refractivity contribution is 0.348. The van der Waals surface area contributed by atoms with Crippen molar-refractivity contribution in [3.05, 3.63) is 47.6 Å². The molecule has 0 spiro atoms. The molecule has 0 radical (unpaired) electrons. The quantitative estimate of drug-likeness (QED) is 0.640. The van der Waals surface area contributed by atoms with Crippen LogP contribution in [0.25, 0.3) is 0 Å². The first kappa shape index (κ1) is 12.9. The number of nitrogens with zero attached hydrogens (tertiary/aromatic N) is 1. The summed E-state index contributed by atoms with van der Waals surface area (Å²) >= 11 is 0. The van der Waals surface area contributed by atoms with E-state index >= 15 is 0 Å². The molecule has 0 unspecified atom stereocenters. The minimum Gasteiger partial charge on any atom is -0.192 e. The molecule has 0 bridgehead atoms. The molecule has 0 heterocycles. The highest BCUT2D eigenvalue weighted by molar-refractivity contribution is 5.40. The van der Waals surface area contributed by atoms with Gasteiger partial charge in [-0.05, 0) is 62.5 Å². The number of rotatable bonds is 2. The van der Waals surface area contributed by atoms with Crippen molar-refractivity contribution in [1.82, 2.24) is 0 Å². The van der Waals surface area contributed by atoms with Gasteiger partial charge in [0.25, 0.3) is 0 Å². The monoisotopic (exact) mass is 239 g/mol. The van der Waals surface area contributed by atoms with Crippen LogP contribution in [0.2, 0.25) is 0 Å². The summed E-state index contributed by atoms with van der Waals surface area (Å²) < 4.78 is 0. The molecule has 2 aliphatic rings. The van der Waals surface area contributed by atoms with Crippen molar-refractivity contribution in [1.29, 1.82) is 5.26 Å². The zero-order valence-corrected chi connectivity index (χ0v) is 11.1. The molecule has 2 aliphatic carbocycles. The maximum Gasteiger partial charge on any atom is 0.0988 e. The Kier molecular flexibility index (Phi) is 4.59. The van der Waals surface area contributed by atoms with E-state index in [0.29, 0.717) is 5.92 Å². The molecular weight excluding hydrogens is 218 g/mol. The zero-order valence-electron chi connectivity index (χ0n) is 11.1. The summed E-state index contributed by atoms with van der Waals surface area (Å²) in [5.41, 5.74) is 2.24. The van der Waals surface area contributed by atoms with E-state index < -0.39 is 0 Å². The molecule has 1 heteroatoms. The summed E-state index contributed by atoms with van der Waals surface area (Å²) in [5.74, 6) is 1.49. The normalized spacial score (nSPS) is 28.4. The smallest absolute Gasteiger partial charge is 0.0988 e. The molecule has 94 valence electrons. The van der Waals surface area contributed by atoms with Crippen LogP contribution in [-0.4, -0.2) is 0 Å². The molecule has 1 nitrogen and oxygen atoms in total. The molecule has 0 amide bonds. The van der Waals surface area contributed by atoms with E-state index in [2.05, 4.69) is 37.3 Å². The zero-order chi connectivity index (χ0) is 12.8. The van der Waals surface area contributed by atoms with Gasteiger partial charge in [0.05, 0.1) is 6.07 Å². The first-order valence-corrected chi connectivity index (χ1v) is 6.94. The van der Waals surface area contributed by atoms with Gasteiger partial charge in [-0.2, -0.15) is 5.26 Å². The van der Waals surface area contributed by atoms with Crippen molar-refractivity contribution >= 4 is 0 Å². The van der Waals surface area contributed by atoms with Crippen molar-refractivity contribution < 1.29 is 0 Å². The predicted octanol–water partition coefficient (Wildman–Crippen LogP) is 4.71. The summed E-state index contributed by atoms with van der Waals surface area (Å²) in [7, 11) is 0. The van der Waals surface area contributed by atoms with Crippen LogP contribution in [0.1, 0.15) is 39.0 Å². The molecule has 0 aliphatic heterocycles. The first-order chi connectivity index (χ1) is 8.83. The minimum absolute atomic E-state index is 0.703. The van der Waals surface area contributed by atoms with Crippen LogP contribution in [0.15, 0.2) is 47.6 Å². The number of allylic oxidation sites excluding steroid dienone is 8. The first-order valence-electron chi connectivity index (χ1n) is 6.94. The van der Waals surface area contributed by atoms with Crippen molar-refractivity contribution in [2.24, 2.45) is 11.8 Å². The summed E-state index contributed by atoms with van der Waals surface area (Å²) in [6, 6.07) is 2.22. The number of hydrogen-bond acceptors (Lipinski definition) is 1.